The number of aromatic nitrogens is 4. The van der Waals surface area contributed by atoms with E-state index in [2.05, 4.69) is 25.5 Å². The number of hydrogen-bond donors (Lipinski definition) is 2. The predicted octanol–water partition coefficient (Wildman–Crippen LogP) is 4.38. The Hall–Kier alpha value is -2.91. The fourth-order valence-corrected chi connectivity index (χ4v) is 4.58. The zero-order chi connectivity index (χ0) is 19.5. The number of rotatable bonds is 6. The number of nitrogens with one attached hydrogen (secondary N) is 2. The van der Waals surface area contributed by atoms with Crippen molar-refractivity contribution in [2.75, 3.05) is 12.4 Å². The van der Waals surface area contributed by atoms with Crippen molar-refractivity contribution in [3.63, 3.8) is 0 Å². The zero-order valence-electron chi connectivity index (χ0n) is 15.2. The van der Waals surface area contributed by atoms with Gasteiger partial charge in [-0.05, 0) is 43.3 Å². The molecule has 0 saturated heterocycles. The number of methoxy groups -OCH3 is 1. The largest absolute Gasteiger partial charge is 0.497 e. The number of para-hydroxylation sites is 1. The summed E-state index contributed by atoms with van der Waals surface area (Å²) in [4.78, 5) is 19.7. The lowest BCUT2D eigenvalue weighted by Crippen LogP contribution is -2.12. The van der Waals surface area contributed by atoms with E-state index in [1.165, 1.54) is 23.1 Å². The van der Waals surface area contributed by atoms with Gasteiger partial charge in [-0.1, -0.05) is 35.2 Å². The first-order valence-corrected chi connectivity index (χ1v) is 10.2. The van der Waals surface area contributed by atoms with Crippen LogP contribution in [0.5, 0.6) is 5.75 Å². The first-order chi connectivity index (χ1) is 13.6. The molecule has 4 aromatic rings. The monoisotopic (exact) mass is 411 g/mol. The smallest absolute Gasteiger partial charge is 0.258 e. The van der Waals surface area contributed by atoms with E-state index in [0.29, 0.717) is 21.9 Å². The lowest BCUT2D eigenvalue weighted by Gasteiger charge is -2.08. The van der Waals surface area contributed by atoms with Gasteiger partial charge in [-0.2, -0.15) is 0 Å². The molecule has 2 aromatic carbocycles. The molecule has 0 aliphatic rings. The normalized spacial score (nSPS) is 12.1. The fraction of sp³-hybridized carbons (Fsp3) is 0.158. The van der Waals surface area contributed by atoms with E-state index < -0.39 is 0 Å². The third kappa shape index (κ3) is 4.00. The van der Waals surface area contributed by atoms with Crippen LogP contribution in [0, 0.1) is 0 Å². The molecule has 0 fully saturated rings. The van der Waals surface area contributed by atoms with Crippen LogP contribution in [-0.2, 0) is 0 Å². The average molecular weight is 412 g/mol. The van der Waals surface area contributed by atoms with E-state index in [4.69, 9.17) is 4.74 Å². The Bertz CT molecular complexity index is 1160. The van der Waals surface area contributed by atoms with Gasteiger partial charge >= 0.3 is 0 Å². The van der Waals surface area contributed by atoms with E-state index in [1.807, 2.05) is 49.4 Å². The molecule has 2 heterocycles. The van der Waals surface area contributed by atoms with Crippen molar-refractivity contribution in [2.24, 2.45) is 0 Å². The molecule has 0 spiro atoms. The molecule has 9 heteroatoms. The van der Waals surface area contributed by atoms with Gasteiger partial charge in [-0.3, -0.25) is 4.79 Å². The van der Waals surface area contributed by atoms with Gasteiger partial charge in [0.15, 0.2) is 4.34 Å². The maximum absolute atomic E-state index is 12.3. The Kier molecular flexibility index (Phi) is 5.27. The third-order valence-corrected chi connectivity index (χ3v) is 6.07. The number of ether oxygens (including phenoxy) is 1. The summed E-state index contributed by atoms with van der Waals surface area (Å²) in [5.74, 6) is 1.42. The summed E-state index contributed by atoms with van der Waals surface area (Å²) < 4.78 is 5.95. The predicted molar refractivity (Wildman–Crippen MR) is 113 cm³/mol. The number of aromatic amines is 1. The van der Waals surface area contributed by atoms with Crippen molar-refractivity contribution in [3.8, 4) is 5.75 Å². The highest BCUT2D eigenvalue weighted by atomic mass is 32.2. The van der Waals surface area contributed by atoms with Crippen LogP contribution in [0.4, 0.5) is 10.8 Å². The number of anilines is 2. The first-order valence-electron chi connectivity index (χ1n) is 8.52. The highest BCUT2D eigenvalue weighted by Crippen LogP contribution is 2.36. The molecule has 0 bridgehead atoms. The molecular formula is C19H17N5O2S2. The van der Waals surface area contributed by atoms with Crippen LogP contribution < -0.4 is 15.6 Å². The van der Waals surface area contributed by atoms with Crippen LogP contribution in [0.3, 0.4) is 0 Å². The van der Waals surface area contributed by atoms with Crippen molar-refractivity contribution >= 4 is 44.8 Å². The number of nitrogens with zero attached hydrogens (tertiary/aromatic N) is 3. The van der Waals surface area contributed by atoms with Crippen LogP contribution in [0.15, 0.2) is 57.7 Å². The minimum Gasteiger partial charge on any atom is -0.497 e. The van der Waals surface area contributed by atoms with Crippen LogP contribution in [0.1, 0.15) is 18.0 Å². The molecule has 0 saturated carbocycles. The van der Waals surface area contributed by atoms with E-state index in [-0.39, 0.29) is 10.8 Å². The minimum atomic E-state index is -0.132. The number of H-pyrrole nitrogens is 1. The molecule has 142 valence electrons. The number of hydrogen-bond acceptors (Lipinski definition) is 8. The molecule has 2 N–H and O–H groups in total. The highest BCUT2D eigenvalue weighted by Gasteiger charge is 2.15. The van der Waals surface area contributed by atoms with E-state index in [9.17, 15) is 4.79 Å². The van der Waals surface area contributed by atoms with E-state index in [1.54, 1.807) is 13.2 Å². The topological polar surface area (TPSA) is 92.8 Å². The van der Waals surface area contributed by atoms with Gasteiger partial charge in [0, 0.05) is 5.69 Å². The minimum absolute atomic E-state index is 0.0703. The average Bonchev–Trinajstić information content (AvgIpc) is 3.15. The van der Waals surface area contributed by atoms with E-state index in [0.717, 1.165) is 15.8 Å². The first kappa shape index (κ1) is 18.5. The van der Waals surface area contributed by atoms with Crippen molar-refractivity contribution in [1.29, 1.82) is 0 Å². The Morgan fingerprint density at radius 3 is 2.71 bits per heavy atom. The Morgan fingerprint density at radius 2 is 1.93 bits per heavy atom. The summed E-state index contributed by atoms with van der Waals surface area (Å²) in [6.45, 7) is 1.98. The van der Waals surface area contributed by atoms with Crippen LogP contribution in [0.2, 0.25) is 0 Å². The number of thioether (sulfide) groups is 1. The fourth-order valence-electron chi connectivity index (χ4n) is 2.61. The molecule has 4 rings (SSSR count). The van der Waals surface area contributed by atoms with Gasteiger partial charge in [0.1, 0.15) is 11.6 Å². The van der Waals surface area contributed by atoms with Gasteiger partial charge < -0.3 is 15.0 Å². The summed E-state index contributed by atoms with van der Waals surface area (Å²) in [7, 11) is 1.63. The molecule has 0 amide bonds. The second-order valence-electron chi connectivity index (χ2n) is 5.96. The third-order valence-electron chi connectivity index (χ3n) is 4.04. The standard InChI is InChI=1S/C19H17N5O2S2/c1-11(16-21-15-6-4-3-5-14(15)17(25)22-16)27-19-24-23-18(28-19)20-12-7-9-13(26-2)10-8-12/h3-11H,1-2H3,(H,20,23)(H,21,22,25)/t11-/m1/s1. The van der Waals surface area contributed by atoms with Gasteiger partial charge in [0.25, 0.3) is 5.56 Å². The van der Waals surface area contributed by atoms with E-state index >= 15 is 0 Å². The van der Waals surface area contributed by atoms with Gasteiger partial charge in [-0.15, -0.1) is 10.2 Å². The van der Waals surface area contributed by atoms with Crippen LogP contribution in [0.25, 0.3) is 10.9 Å². The lowest BCUT2D eigenvalue weighted by atomic mass is 10.2. The summed E-state index contributed by atoms with van der Waals surface area (Å²) >= 11 is 2.95. The highest BCUT2D eigenvalue weighted by molar-refractivity contribution is 8.01. The Morgan fingerprint density at radius 1 is 1.14 bits per heavy atom. The molecule has 0 unspecified atom stereocenters. The number of benzene rings is 2. The molecular weight excluding hydrogens is 394 g/mol. The van der Waals surface area contributed by atoms with Crippen molar-refractivity contribution in [2.45, 2.75) is 16.5 Å². The van der Waals surface area contributed by atoms with Crippen LogP contribution >= 0.6 is 23.1 Å². The summed E-state index contributed by atoms with van der Waals surface area (Å²) in [5, 5.41) is 12.8. The maximum atomic E-state index is 12.3. The molecule has 0 aliphatic carbocycles. The molecule has 2 aromatic heterocycles. The molecule has 1 atom stereocenters. The number of fused-ring (bicyclic) bond motifs is 1. The van der Waals surface area contributed by atoms with Crippen molar-refractivity contribution in [3.05, 3.63) is 64.7 Å². The maximum Gasteiger partial charge on any atom is 0.258 e. The van der Waals surface area contributed by atoms with Crippen molar-refractivity contribution in [1.82, 2.24) is 20.2 Å². The SMILES string of the molecule is COc1ccc(Nc2nnc(S[C@H](C)c3nc4ccccc4c(=O)[nH]3)s2)cc1. The Balaban J connectivity index is 1.48. The summed E-state index contributed by atoms with van der Waals surface area (Å²) in [5.41, 5.74) is 1.46. The zero-order valence-corrected chi connectivity index (χ0v) is 16.8. The van der Waals surface area contributed by atoms with Gasteiger partial charge in [0.2, 0.25) is 5.13 Å². The summed E-state index contributed by atoms with van der Waals surface area (Å²) in [6, 6.07) is 14.9. The van der Waals surface area contributed by atoms with Gasteiger partial charge in [0.05, 0.1) is 23.3 Å². The van der Waals surface area contributed by atoms with Gasteiger partial charge in [-0.25, -0.2) is 4.98 Å². The summed E-state index contributed by atoms with van der Waals surface area (Å²) in [6.07, 6.45) is 0. The Labute approximate surface area is 169 Å². The second kappa shape index (κ2) is 7.99. The molecule has 0 aliphatic heterocycles. The molecule has 28 heavy (non-hydrogen) atoms. The second-order valence-corrected chi connectivity index (χ2v) is 8.52. The lowest BCUT2D eigenvalue weighted by molar-refractivity contribution is 0.415. The molecule has 7 nitrogen and oxygen atoms in total. The molecule has 0 radical (unpaired) electrons. The van der Waals surface area contributed by atoms with Crippen molar-refractivity contribution < 1.29 is 4.74 Å². The van der Waals surface area contributed by atoms with Crippen LogP contribution in [-0.4, -0.2) is 27.3 Å². The quantitative estimate of drug-likeness (QED) is 0.455.